The van der Waals surface area contributed by atoms with E-state index in [9.17, 15) is 0 Å². The molecule has 3 aromatic rings. The Kier molecular flexibility index (Phi) is 3.92. The Bertz CT molecular complexity index is 933. The second-order valence-corrected chi connectivity index (χ2v) is 6.26. The summed E-state index contributed by atoms with van der Waals surface area (Å²) >= 11 is 0. The van der Waals surface area contributed by atoms with Gasteiger partial charge in [-0.1, -0.05) is 60.7 Å². The van der Waals surface area contributed by atoms with Gasteiger partial charge in [-0.2, -0.15) is 0 Å². The Labute approximate surface area is 143 Å². The lowest BCUT2D eigenvalue weighted by Gasteiger charge is -2.29. The van der Waals surface area contributed by atoms with E-state index < -0.39 is 0 Å². The molecule has 0 atom stereocenters. The molecule has 1 heteroatoms. The molecule has 1 nitrogen and oxygen atoms in total. The van der Waals surface area contributed by atoms with Gasteiger partial charge in [-0.3, -0.25) is 0 Å². The van der Waals surface area contributed by atoms with E-state index in [2.05, 4.69) is 96.8 Å². The molecule has 0 unspecified atom stereocenters. The van der Waals surface area contributed by atoms with Gasteiger partial charge in [-0.05, 0) is 60.4 Å². The number of allylic oxidation sites excluding steroid dienone is 3. The van der Waals surface area contributed by atoms with E-state index in [-0.39, 0.29) is 0 Å². The number of benzene rings is 3. The minimum absolute atomic E-state index is 1.10. The number of aryl methyl sites for hydroxylation is 1. The number of fused-ring (bicyclic) bond motifs is 1. The quantitative estimate of drug-likeness (QED) is 0.532. The highest BCUT2D eigenvalue weighted by Gasteiger charge is 2.16. The first-order chi connectivity index (χ1) is 11.8. The van der Waals surface area contributed by atoms with Crippen LogP contribution in [0.2, 0.25) is 0 Å². The van der Waals surface area contributed by atoms with Gasteiger partial charge in [-0.25, -0.2) is 0 Å². The monoisotopic (exact) mass is 311 g/mol. The number of hydrogen-bond donors (Lipinski definition) is 0. The van der Waals surface area contributed by atoms with Gasteiger partial charge in [0.25, 0.3) is 0 Å². The summed E-state index contributed by atoms with van der Waals surface area (Å²) in [6, 6.07) is 23.8. The molecule has 1 aliphatic rings. The van der Waals surface area contributed by atoms with Crippen molar-refractivity contribution in [1.82, 2.24) is 0 Å². The molecule has 1 aliphatic carbocycles. The summed E-state index contributed by atoms with van der Waals surface area (Å²) in [5.74, 6) is 0. The van der Waals surface area contributed by atoms with E-state index in [0.29, 0.717) is 0 Å². The molecule has 0 amide bonds. The van der Waals surface area contributed by atoms with Gasteiger partial charge in [0.2, 0.25) is 0 Å². The van der Waals surface area contributed by atoms with E-state index in [0.717, 1.165) is 12.8 Å². The lowest BCUT2D eigenvalue weighted by atomic mass is 10.0. The van der Waals surface area contributed by atoms with Gasteiger partial charge < -0.3 is 4.90 Å². The standard InChI is InChI=1S/C23H21N/c1-18-9-5-8-14-23(18)24(21-12-3-2-4-13-21)22-16-15-19-10-6-7-11-20(19)17-22/h3,5-17H,2,4H2,1H3. The largest absolute Gasteiger partial charge is 0.311 e. The zero-order valence-corrected chi connectivity index (χ0v) is 13.9. The smallest absolute Gasteiger partial charge is 0.0490 e. The fourth-order valence-electron chi connectivity index (χ4n) is 3.32. The lowest BCUT2D eigenvalue weighted by molar-refractivity contribution is 0.996. The zero-order chi connectivity index (χ0) is 16.4. The summed E-state index contributed by atoms with van der Waals surface area (Å²) in [7, 11) is 0. The first-order valence-corrected chi connectivity index (χ1v) is 8.54. The van der Waals surface area contributed by atoms with Crippen molar-refractivity contribution in [1.29, 1.82) is 0 Å². The van der Waals surface area contributed by atoms with Gasteiger partial charge in [-0.15, -0.1) is 0 Å². The fraction of sp³-hybridized carbons (Fsp3) is 0.130. The Hall–Kier alpha value is -2.80. The summed E-state index contributed by atoms with van der Waals surface area (Å²) in [6.07, 6.45) is 9.07. The van der Waals surface area contributed by atoms with Crippen molar-refractivity contribution in [2.75, 3.05) is 4.90 Å². The van der Waals surface area contributed by atoms with Crippen molar-refractivity contribution in [2.45, 2.75) is 19.8 Å². The molecule has 0 aliphatic heterocycles. The van der Waals surface area contributed by atoms with Crippen LogP contribution in [-0.4, -0.2) is 0 Å². The summed E-state index contributed by atoms with van der Waals surface area (Å²) < 4.78 is 0. The molecule has 0 bridgehead atoms. The number of hydrogen-bond acceptors (Lipinski definition) is 1. The normalized spacial score (nSPS) is 13.8. The van der Waals surface area contributed by atoms with Crippen LogP contribution in [0.5, 0.6) is 0 Å². The highest BCUT2D eigenvalue weighted by molar-refractivity contribution is 5.88. The third kappa shape index (κ3) is 2.74. The van der Waals surface area contributed by atoms with Crippen molar-refractivity contribution in [3.8, 4) is 0 Å². The van der Waals surface area contributed by atoms with Gasteiger partial charge in [0.1, 0.15) is 0 Å². The molecule has 0 radical (unpaired) electrons. The minimum Gasteiger partial charge on any atom is -0.311 e. The molecule has 0 aromatic heterocycles. The highest BCUT2D eigenvalue weighted by atomic mass is 15.1. The predicted octanol–water partition coefficient (Wildman–Crippen LogP) is 6.52. The molecule has 0 saturated carbocycles. The minimum atomic E-state index is 1.10. The van der Waals surface area contributed by atoms with Crippen LogP contribution in [0, 0.1) is 6.92 Å². The molecule has 0 heterocycles. The molecule has 0 saturated heterocycles. The van der Waals surface area contributed by atoms with Crippen molar-refractivity contribution < 1.29 is 0 Å². The number of rotatable bonds is 3. The maximum Gasteiger partial charge on any atom is 0.0490 e. The summed E-state index contributed by atoms with van der Waals surface area (Å²) in [4.78, 5) is 2.37. The number of nitrogens with zero attached hydrogens (tertiary/aromatic N) is 1. The second kappa shape index (κ2) is 6.37. The molecular formula is C23H21N. The van der Waals surface area contributed by atoms with Crippen molar-refractivity contribution in [3.63, 3.8) is 0 Å². The Morgan fingerprint density at radius 1 is 0.792 bits per heavy atom. The molecule has 24 heavy (non-hydrogen) atoms. The maximum absolute atomic E-state index is 2.37. The molecule has 3 aromatic carbocycles. The van der Waals surface area contributed by atoms with Crippen molar-refractivity contribution >= 4 is 22.1 Å². The summed E-state index contributed by atoms with van der Waals surface area (Å²) in [5.41, 5.74) is 4.99. The summed E-state index contributed by atoms with van der Waals surface area (Å²) in [6.45, 7) is 2.18. The van der Waals surface area contributed by atoms with Gasteiger partial charge in [0.15, 0.2) is 0 Å². The third-order valence-electron chi connectivity index (χ3n) is 4.58. The average molecular weight is 311 g/mol. The van der Waals surface area contributed by atoms with Crippen LogP contribution < -0.4 is 4.90 Å². The van der Waals surface area contributed by atoms with Crippen LogP contribution in [0.1, 0.15) is 18.4 Å². The third-order valence-corrected chi connectivity index (χ3v) is 4.58. The van der Waals surface area contributed by atoms with E-state index >= 15 is 0 Å². The molecule has 0 spiro atoms. The van der Waals surface area contributed by atoms with Gasteiger partial charge in [0, 0.05) is 17.1 Å². The van der Waals surface area contributed by atoms with E-state index in [1.54, 1.807) is 0 Å². The zero-order valence-electron chi connectivity index (χ0n) is 13.9. The molecule has 0 fully saturated rings. The van der Waals surface area contributed by atoms with Crippen LogP contribution in [0.15, 0.2) is 90.7 Å². The van der Waals surface area contributed by atoms with Gasteiger partial charge in [0.05, 0.1) is 0 Å². The predicted molar refractivity (Wildman–Crippen MR) is 104 cm³/mol. The Balaban J connectivity index is 1.89. The highest BCUT2D eigenvalue weighted by Crippen LogP contribution is 2.35. The first-order valence-electron chi connectivity index (χ1n) is 8.54. The summed E-state index contributed by atoms with van der Waals surface area (Å²) in [5, 5.41) is 2.55. The Morgan fingerprint density at radius 2 is 1.58 bits per heavy atom. The van der Waals surface area contributed by atoms with E-state index in [4.69, 9.17) is 0 Å². The van der Waals surface area contributed by atoms with Crippen molar-refractivity contribution in [2.24, 2.45) is 0 Å². The molecular weight excluding hydrogens is 290 g/mol. The van der Waals surface area contributed by atoms with Gasteiger partial charge >= 0.3 is 0 Å². The van der Waals surface area contributed by atoms with Crippen LogP contribution in [0.25, 0.3) is 10.8 Å². The second-order valence-electron chi connectivity index (χ2n) is 6.26. The molecule has 0 N–H and O–H groups in total. The number of anilines is 2. The molecule has 4 rings (SSSR count). The van der Waals surface area contributed by atoms with Crippen LogP contribution in [0.3, 0.4) is 0 Å². The number of para-hydroxylation sites is 1. The maximum atomic E-state index is 2.37. The average Bonchev–Trinajstić information content (AvgIpc) is 2.64. The topological polar surface area (TPSA) is 3.24 Å². The van der Waals surface area contributed by atoms with Crippen LogP contribution >= 0.6 is 0 Å². The van der Waals surface area contributed by atoms with E-state index in [1.807, 2.05) is 0 Å². The SMILES string of the molecule is Cc1ccccc1N(C1=CCCC=C1)c1ccc2ccccc2c1. The van der Waals surface area contributed by atoms with Crippen LogP contribution in [0.4, 0.5) is 11.4 Å². The van der Waals surface area contributed by atoms with Crippen LogP contribution in [-0.2, 0) is 0 Å². The molecule has 118 valence electrons. The van der Waals surface area contributed by atoms with Crippen molar-refractivity contribution in [3.05, 3.63) is 96.2 Å². The van der Waals surface area contributed by atoms with E-state index in [1.165, 1.54) is 33.4 Å². The fourth-order valence-corrected chi connectivity index (χ4v) is 3.32. The lowest BCUT2D eigenvalue weighted by Crippen LogP contribution is -2.17. The first kappa shape index (κ1) is 14.8. The Morgan fingerprint density at radius 3 is 2.38 bits per heavy atom.